The second kappa shape index (κ2) is 12.2. The van der Waals surface area contributed by atoms with Crippen molar-refractivity contribution in [3.63, 3.8) is 0 Å². The third-order valence-corrected chi connectivity index (χ3v) is 10.7. The van der Waals surface area contributed by atoms with Crippen molar-refractivity contribution < 1.29 is 15.0 Å². The summed E-state index contributed by atoms with van der Waals surface area (Å²) in [6, 6.07) is 0. The van der Waals surface area contributed by atoms with Gasteiger partial charge in [-0.05, 0) is 104 Å². The fraction of sp³-hybridized carbons (Fsp3) is 0.735. The molecule has 206 valence electrons. The van der Waals surface area contributed by atoms with Gasteiger partial charge in [-0.3, -0.25) is 4.79 Å². The second-order valence-electron chi connectivity index (χ2n) is 13.3. The Morgan fingerprint density at radius 2 is 1.89 bits per heavy atom. The molecule has 4 aliphatic rings. The number of carbonyl (C=O) groups is 1. The summed E-state index contributed by atoms with van der Waals surface area (Å²) in [5, 5.41) is 20.3. The average Bonchev–Trinajstić information content (AvgIpc) is 3.51. The van der Waals surface area contributed by atoms with Crippen molar-refractivity contribution >= 4 is 5.78 Å². The highest BCUT2D eigenvalue weighted by Gasteiger charge is 2.49. The van der Waals surface area contributed by atoms with E-state index in [1.807, 2.05) is 0 Å². The van der Waals surface area contributed by atoms with E-state index in [1.54, 1.807) is 5.57 Å². The van der Waals surface area contributed by atoms with E-state index in [4.69, 9.17) is 0 Å². The van der Waals surface area contributed by atoms with Crippen LogP contribution in [0.4, 0.5) is 0 Å². The lowest BCUT2D eigenvalue weighted by atomic mass is 9.63. The Kier molecular flexibility index (Phi) is 9.39. The zero-order valence-corrected chi connectivity index (χ0v) is 23.8. The minimum absolute atomic E-state index is 0.219. The summed E-state index contributed by atoms with van der Waals surface area (Å²) in [4.78, 5) is 13.0. The van der Waals surface area contributed by atoms with Gasteiger partial charge in [0.2, 0.25) is 0 Å². The Morgan fingerprint density at radius 3 is 2.62 bits per heavy atom. The molecule has 37 heavy (non-hydrogen) atoms. The van der Waals surface area contributed by atoms with E-state index in [-0.39, 0.29) is 11.3 Å². The number of ketones is 1. The van der Waals surface area contributed by atoms with Gasteiger partial charge in [-0.1, -0.05) is 70.1 Å². The van der Waals surface area contributed by atoms with Gasteiger partial charge in [0.15, 0.2) is 0 Å². The van der Waals surface area contributed by atoms with E-state index in [0.29, 0.717) is 35.9 Å². The van der Waals surface area contributed by atoms with Crippen LogP contribution in [0.1, 0.15) is 117 Å². The molecular weight excluding hydrogens is 456 g/mol. The van der Waals surface area contributed by atoms with Crippen LogP contribution >= 0.6 is 0 Å². The van der Waals surface area contributed by atoms with Crippen LogP contribution in [0.5, 0.6) is 0 Å². The van der Waals surface area contributed by atoms with Crippen molar-refractivity contribution in [3.05, 3.63) is 47.6 Å². The van der Waals surface area contributed by atoms with E-state index in [1.165, 1.54) is 51.4 Å². The molecule has 4 saturated carbocycles. The van der Waals surface area contributed by atoms with Crippen molar-refractivity contribution in [2.75, 3.05) is 0 Å². The van der Waals surface area contributed by atoms with Crippen molar-refractivity contribution in [2.45, 2.75) is 129 Å². The molecule has 6 unspecified atom stereocenters. The maximum atomic E-state index is 13.0. The SMILES string of the molecule is C=C1/C(=C/C=C2/CCCC3(C)C(C/C=C/CC(C(=O)CCCCC)C4(C)CC4)CCC23)CC(O)CC1O. The monoisotopic (exact) mass is 508 g/mol. The van der Waals surface area contributed by atoms with Gasteiger partial charge in [0.25, 0.3) is 0 Å². The lowest BCUT2D eigenvalue weighted by Gasteiger charge is -2.42. The van der Waals surface area contributed by atoms with Gasteiger partial charge in [-0.25, -0.2) is 0 Å². The van der Waals surface area contributed by atoms with Crippen molar-refractivity contribution in [1.29, 1.82) is 0 Å². The average molecular weight is 509 g/mol. The number of carbonyl (C=O) groups excluding carboxylic acids is 1. The Morgan fingerprint density at radius 1 is 1.11 bits per heavy atom. The highest BCUT2D eigenvalue weighted by Crippen LogP contribution is 2.58. The second-order valence-corrected chi connectivity index (χ2v) is 13.3. The molecule has 0 aromatic rings. The molecule has 0 radical (unpaired) electrons. The number of aliphatic hydroxyl groups is 2. The first kappa shape index (κ1) is 28.6. The summed E-state index contributed by atoms with van der Waals surface area (Å²) < 4.78 is 0. The van der Waals surface area contributed by atoms with E-state index >= 15 is 0 Å². The van der Waals surface area contributed by atoms with E-state index in [2.05, 4.69) is 51.7 Å². The van der Waals surface area contributed by atoms with Crippen molar-refractivity contribution in [2.24, 2.45) is 28.6 Å². The van der Waals surface area contributed by atoms with Gasteiger partial charge < -0.3 is 10.2 Å². The van der Waals surface area contributed by atoms with Gasteiger partial charge >= 0.3 is 0 Å². The number of rotatable bonds is 11. The van der Waals surface area contributed by atoms with Crippen LogP contribution in [0, 0.1) is 28.6 Å². The van der Waals surface area contributed by atoms with Gasteiger partial charge in [0.05, 0.1) is 12.2 Å². The fourth-order valence-electron chi connectivity index (χ4n) is 7.76. The summed E-state index contributed by atoms with van der Waals surface area (Å²) in [6.07, 6.45) is 23.9. The van der Waals surface area contributed by atoms with Gasteiger partial charge in [-0.2, -0.15) is 0 Å². The van der Waals surface area contributed by atoms with E-state index in [9.17, 15) is 15.0 Å². The predicted molar refractivity (Wildman–Crippen MR) is 153 cm³/mol. The summed E-state index contributed by atoms with van der Waals surface area (Å²) in [5.74, 6) is 2.05. The van der Waals surface area contributed by atoms with Gasteiger partial charge in [-0.15, -0.1) is 0 Å². The maximum absolute atomic E-state index is 13.0. The topological polar surface area (TPSA) is 57.5 Å². The molecule has 0 bridgehead atoms. The molecule has 0 saturated heterocycles. The minimum Gasteiger partial charge on any atom is -0.393 e. The number of fused-ring (bicyclic) bond motifs is 1. The molecule has 4 rings (SSSR count). The van der Waals surface area contributed by atoms with Crippen LogP contribution in [0.15, 0.2) is 47.6 Å². The molecule has 4 fully saturated rings. The summed E-state index contributed by atoms with van der Waals surface area (Å²) in [7, 11) is 0. The van der Waals surface area contributed by atoms with Crippen molar-refractivity contribution in [1.82, 2.24) is 0 Å². The maximum Gasteiger partial charge on any atom is 0.136 e. The zero-order chi connectivity index (χ0) is 26.6. The number of allylic oxidation sites excluding steroid dienone is 5. The Balaban J connectivity index is 1.36. The summed E-state index contributed by atoms with van der Waals surface area (Å²) >= 11 is 0. The summed E-state index contributed by atoms with van der Waals surface area (Å²) in [5.41, 5.74) is 3.93. The molecule has 0 heterocycles. The number of Topliss-reactive ketones (excluding diaryl/α,β-unsaturated/α-hetero) is 1. The van der Waals surface area contributed by atoms with Gasteiger partial charge in [0, 0.05) is 18.8 Å². The zero-order valence-electron chi connectivity index (χ0n) is 23.8. The normalized spacial score (nSPS) is 36.3. The minimum atomic E-state index is -0.624. The lowest BCUT2D eigenvalue weighted by molar-refractivity contribution is -0.124. The van der Waals surface area contributed by atoms with Crippen LogP contribution in [0.25, 0.3) is 0 Å². The van der Waals surface area contributed by atoms with Gasteiger partial charge in [0.1, 0.15) is 5.78 Å². The lowest BCUT2D eigenvalue weighted by Crippen LogP contribution is -2.33. The molecule has 0 aromatic carbocycles. The fourth-order valence-corrected chi connectivity index (χ4v) is 7.76. The molecule has 2 N–H and O–H groups in total. The third-order valence-electron chi connectivity index (χ3n) is 10.7. The summed E-state index contributed by atoms with van der Waals surface area (Å²) in [6.45, 7) is 11.1. The molecule has 4 aliphatic carbocycles. The number of unbranched alkanes of at least 4 members (excludes halogenated alkanes) is 2. The van der Waals surface area contributed by atoms with Crippen LogP contribution < -0.4 is 0 Å². The molecule has 0 spiro atoms. The number of aliphatic hydroxyl groups excluding tert-OH is 2. The molecule has 0 aliphatic heterocycles. The Hall–Kier alpha value is -1.45. The van der Waals surface area contributed by atoms with E-state index < -0.39 is 12.2 Å². The van der Waals surface area contributed by atoms with Crippen LogP contribution in [0.2, 0.25) is 0 Å². The molecule has 0 amide bonds. The predicted octanol–water partition coefficient (Wildman–Crippen LogP) is 8.03. The molecule has 3 heteroatoms. The molecule has 0 aromatic heterocycles. The first-order valence-corrected chi connectivity index (χ1v) is 15.3. The highest BCUT2D eigenvalue weighted by molar-refractivity contribution is 5.82. The smallest absolute Gasteiger partial charge is 0.136 e. The highest BCUT2D eigenvalue weighted by atomic mass is 16.3. The first-order valence-electron chi connectivity index (χ1n) is 15.3. The first-order chi connectivity index (χ1) is 17.7. The molecular formula is C34H52O3. The molecule has 6 atom stereocenters. The number of hydrogen-bond acceptors (Lipinski definition) is 3. The van der Waals surface area contributed by atoms with E-state index in [0.717, 1.165) is 43.3 Å². The van der Waals surface area contributed by atoms with Crippen LogP contribution in [0.3, 0.4) is 0 Å². The third kappa shape index (κ3) is 6.59. The largest absolute Gasteiger partial charge is 0.393 e. The number of hydrogen-bond donors (Lipinski definition) is 2. The standard InChI is InChI=1S/C34H52O3/c1-5-6-7-14-31(36)30(33(3)20-21-33)13-9-8-12-27-17-18-29-25(11-10-19-34(27,29)4)15-16-26-22-28(35)23-32(37)24(26)2/h8-9,15-16,27-30,32,35,37H,2,5-7,10-14,17-23H2,1,3-4H3/b9-8+,25-15-,26-16+. The Bertz CT molecular complexity index is 919. The van der Waals surface area contributed by atoms with Crippen LogP contribution in [-0.2, 0) is 4.79 Å². The Labute approximate surface area is 226 Å². The molecule has 3 nitrogen and oxygen atoms in total. The van der Waals surface area contributed by atoms with Crippen LogP contribution in [-0.4, -0.2) is 28.2 Å². The van der Waals surface area contributed by atoms with Crippen molar-refractivity contribution in [3.8, 4) is 0 Å². The quantitative estimate of drug-likeness (QED) is 0.219.